The normalized spacial score (nSPS) is 11.7. The van der Waals surface area contributed by atoms with Crippen molar-refractivity contribution in [2.45, 2.75) is 33.6 Å². The van der Waals surface area contributed by atoms with E-state index in [1.54, 1.807) is 19.1 Å². The lowest BCUT2D eigenvalue weighted by Crippen LogP contribution is -2.09. The van der Waals surface area contributed by atoms with E-state index in [9.17, 15) is 4.79 Å². The van der Waals surface area contributed by atoms with Crippen LogP contribution in [0.4, 0.5) is 0 Å². The van der Waals surface area contributed by atoms with Gasteiger partial charge in [-0.05, 0) is 37.5 Å². The Bertz CT molecular complexity index is 403. The van der Waals surface area contributed by atoms with E-state index in [1.807, 2.05) is 25.1 Å². The van der Waals surface area contributed by atoms with Crippen molar-refractivity contribution < 1.29 is 9.53 Å². The number of rotatable bonds is 3. The Morgan fingerprint density at radius 2 is 2.06 bits per heavy atom. The van der Waals surface area contributed by atoms with E-state index in [0.29, 0.717) is 17.2 Å². The molecule has 0 amide bonds. The summed E-state index contributed by atoms with van der Waals surface area (Å²) in [5.41, 5.74) is 1.79. The highest BCUT2D eigenvalue weighted by atomic mass is 16.5. The van der Waals surface area contributed by atoms with Gasteiger partial charge in [0, 0.05) is 5.57 Å². The van der Waals surface area contributed by atoms with Gasteiger partial charge in [0.2, 0.25) is 0 Å². The molecule has 0 aliphatic heterocycles. The molecule has 0 aliphatic rings. The number of carbonyl (C=O) groups excluding carboxylic acids is 1. The number of hydrogen-bond donors (Lipinski definition) is 0. The van der Waals surface area contributed by atoms with Crippen molar-refractivity contribution in [3.63, 3.8) is 0 Å². The molecule has 0 saturated heterocycles. The van der Waals surface area contributed by atoms with Crippen molar-refractivity contribution in [2.75, 3.05) is 0 Å². The molecule has 0 radical (unpaired) electrons. The number of hydrogen-bond acceptors (Lipinski definition) is 2. The molecule has 1 rings (SSSR count). The summed E-state index contributed by atoms with van der Waals surface area (Å²) in [6.07, 6.45) is 1.74. The van der Waals surface area contributed by atoms with E-state index in [4.69, 9.17) is 4.74 Å². The van der Waals surface area contributed by atoms with Gasteiger partial charge in [-0.15, -0.1) is 0 Å². The second-order valence-corrected chi connectivity index (χ2v) is 4.09. The molecule has 1 aromatic rings. The molecule has 0 unspecified atom stereocenters. The fraction of sp³-hybridized carbons (Fsp3) is 0.357. The van der Waals surface area contributed by atoms with E-state index >= 15 is 0 Å². The summed E-state index contributed by atoms with van der Waals surface area (Å²) in [5, 5.41) is 0. The smallest absolute Gasteiger partial charge is 0.338 e. The summed E-state index contributed by atoms with van der Waals surface area (Å²) >= 11 is 0. The molecule has 0 heterocycles. The van der Waals surface area contributed by atoms with Crippen LogP contribution in [0.1, 0.15) is 39.2 Å². The monoisotopic (exact) mass is 218 g/mol. The lowest BCUT2D eigenvalue weighted by Gasteiger charge is -2.08. The number of benzene rings is 1. The summed E-state index contributed by atoms with van der Waals surface area (Å²) < 4.78 is 5.25. The van der Waals surface area contributed by atoms with Crippen LogP contribution in [0.15, 0.2) is 35.9 Å². The van der Waals surface area contributed by atoms with Gasteiger partial charge in [0.15, 0.2) is 0 Å². The molecule has 0 N–H and O–H groups in total. The third-order valence-corrected chi connectivity index (χ3v) is 2.49. The predicted molar refractivity (Wildman–Crippen MR) is 65.6 cm³/mol. The summed E-state index contributed by atoms with van der Waals surface area (Å²) in [6.45, 7) is 7.78. The fourth-order valence-electron chi connectivity index (χ4n) is 1.24. The van der Waals surface area contributed by atoms with Crippen molar-refractivity contribution in [1.29, 1.82) is 0 Å². The highest BCUT2D eigenvalue weighted by molar-refractivity contribution is 5.89. The number of carbonyl (C=O) groups is 1. The van der Waals surface area contributed by atoms with Crippen LogP contribution in [0.25, 0.3) is 0 Å². The minimum absolute atomic E-state index is 0.289. The quantitative estimate of drug-likeness (QED) is 0.439. The van der Waals surface area contributed by atoms with Crippen molar-refractivity contribution in [1.82, 2.24) is 0 Å². The summed E-state index contributed by atoms with van der Waals surface area (Å²) in [4.78, 5) is 11.5. The van der Waals surface area contributed by atoms with E-state index in [2.05, 4.69) is 13.8 Å². The summed E-state index contributed by atoms with van der Waals surface area (Å²) in [6, 6.07) is 7.64. The molecule has 0 bridgehead atoms. The van der Waals surface area contributed by atoms with Gasteiger partial charge in [-0.1, -0.05) is 32.1 Å². The Morgan fingerprint density at radius 1 is 1.38 bits per heavy atom. The van der Waals surface area contributed by atoms with Crippen LogP contribution in [0.3, 0.4) is 0 Å². The molecule has 2 heteroatoms. The molecular weight excluding hydrogens is 200 g/mol. The largest absolute Gasteiger partial charge is 0.423 e. The van der Waals surface area contributed by atoms with Gasteiger partial charge in [-0.25, -0.2) is 4.79 Å². The molecule has 0 spiro atoms. The van der Waals surface area contributed by atoms with Gasteiger partial charge in [-0.3, -0.25) is 0 Å². The Labute approximate surface area is 96.9 Å². The van der Waals surface area contributed by atoms with Gasteiger partial charge in [0.05, 0.1) is 0 Å². The van der Waals surface area contributed by atoms with Gasteiger partial charge in [-0.2, -0.15) is 0 Å². The molecule has 0 saturated carbocycles. The average molecular weight is 218 g/mol. The Morgan fingerprint density at radius 3 is 2.62 bits per heavy atom. The zero-order valence-electron chi connectivity index (χ0n) is 10.3. The first-order valence-corrected chi connectivity index (χ1v) is 5.49. The van der Waals surface area contributed by atoms with Gasteiger partial charge >= 0.3 is 5.97 Å². The van der Waals surface area contributed by atoms with Crippen LogP contribution in [0.2, 0.25) is 0 Å². The second-order valence-electron chi connectivity index (χ2n) is 4.09. The van der Waals surface area contributed by atoms with E-state index < -0.39 is 0 Å². The number of allylic oxidation sites excluding steroid dienone is 1. The molecular formula is C14H18O2. The summed E-state index contributed by atoms with van der Waals surface area (Å²) in [5.74, 6) is 0.752. The first kappa shape index (κ1) is 12.5. The molecule has 0 aromatic heterocycles. The maximum atomic E-state index is 11.5. The molecule has 16 heavy (non-hydrogen) atoms. The first-order chi connectivity index (χ1) is 7.54. The van der Waals surface area contributed by atoms with E-state index in [0.717, 1.165) is 0 Å². The first-order valence-electron chi connectivity index (χ1n) is 5.49. The summed E-state index contributed by atoms with van der Waals surface area (Å²) in [7, 11) is 0. The van der Waals surface area contributed by atoms with Crippen LogP contribution in [-0.2, 0) is 4.79 Å². The van der Waals surface area contributed by atoms with Gasteiger partial charge in [0.25, 0.3) is 0 Å². The molecule has 0 aliphatic carbocycles. The average Bonchev–Trinajstić information content (AvgIpc) is 2.28. The SMILES string of the molecule is C/C=C(\C)C(=O)Oc1cccc(C(C)C)c1. The van der Waals surface area contributed by atoms with Crippen molar-refractivity contribution >= 4 is 5.97 Å². The van der Waals surface area contributed by atoms with Gasteiger partial charge in [0.1, 0.15) is 5.75 Å². The number of ether oxygens (including phenoxy) is 1. The molecule has 0 fully saturated rings. The molecule has 1 aromatic carbocycles. The van der Waals surface area contributed by atoms with Crippen LogP contribution in [0.5, 0.6) is 5.75 Å². The minimum Gasteiger partial charge on any atom is -0.423 e. The van der Waals surface area contributed by atoms with Crippen LogP contribution >= 0.6 is 0 Å². The van der Waals surface area contributed by atoms with Crippen LogP contribution in [-0.4, -0.2) is 5.97 Å². The molecule has 86 valence electrons. The Balaban J connectivity index is 2.82. The second kappa shape index (κ2) is 5.50. The highest BCUT2D eigenvalue weighted by Gasteiger charge is 2.07. The highest BCUT2D eigenvalue weighted by Crippen LogP contribution is 2.20. The Hall–Kier alpha value is -1.57. The zero-order valence-corrected chi connectivity index (χ0v) is 10.3. The van der Waals surface area contributed by atoms with E-state index in [-0.39, 0.29) is 5.97 Å². The lowest BCUT2D eigenvalue weighted by atomic mass is 10.0. The topological polar surface area (TPSA) is 26.3 Å². The van der Waals surface area contributed by atoms with Crippen LogP contribution < -0.4 is 4.74 Å². The maximum absolute atomic E-state index is 11.5. The fourth-order valence-corrected chi connectivity index (χ4v) is 1.24. The lowest BCUT2D eigenvalue weighted by molar-refractivity contribution is -0.130. The third kappa shape index (κ3) is 3.23. The molecule has 2 nitrogen and oxygen atoms in total. The predicted octanol–water partition coefficient (Wildman–Crippen LogP) is 3.68. The zero-order chi connectivity index (χ0) is 12.1. The van der Waals surface area contributed by atoms with Crippen molar-refractivity contribution in [3.8, 4) is 5.75 Å². The number of esters is 1. The van der Waals surface area contributed by atoms with Crippen LogP contribution in [0, 0.1) is 0 Å². The van der Waals surface area contributed by atoms with Gasteiger partial charge < -0.3 is 4.74 Å². The maximum Gasteiger partial charge on any atom is 0.338 e. The van der Waals surface area contributed by atoms with Crippen molar-refractivity contribution in [2.24, 2.45) is 0 Å². The van der Waals surface area contributed by atoms with E-state index in [1.165, 1.54) is 5.56 Å². The molecule has 0 atom stereocenters. The standard InChI is InChI=1S/C14H18O2/c1-5-11(4)14(15)16-13-8-6-7-12(9-13)10(2)3/h5-10H,1-4H3/b11-5+. The minimum atomic E-state index is -0.289. The van der Waals surface area contributed by atoms with Crippen molar-refractivity contribution in [3.05, 3.63) is 41.5 Å². The third-order valence-electron chi connectivity index (χ3n) is 2.49. The Kier molecular flexibility index (Phi) is 4.29.